The molecule has 2 N–H and O–H groups in total. The molecule has 0 saturated carbocycles. The van der Waals surface area contributed by atoms with Gasteiger partial charge in [-0.1, -0.05) is 18.5 Å². The highest BCUT2D eigenvalue weighted by Crippen LogP contribution is 2.19. The van der Waals surface area contributed by atoms with E-state index in [1.54, 1.807) is 0 Å². The Balaban J connectivity index is 2.65. The van der Waals surface area contributed by atoms with Crippen LogP contribution in [0.3, 0.4) is 0 Å². The fourth-order valence-corrected chi connectivity index (χ4v) is 3.01. The van der Waals surface area contributed by atoms with Crippen LogP contribution >= 0.6 is 11.6 Å². The molecule has 0 amide bonds. The highest BCUT2D eigenvalue weighted by molar-refractivity contribution is 7.84. The maximum absolute atomic E-state index is 12.9. The molecule has 0 aromatic heterocycles. The van der Waals surface area contributed by atoms with E-state index in [0.717, 1.165) is 0 Å². The van der Waals surface area contributed by atoms with E-state index in [2.05, 4.69) is 0 Å². The van der Waals surface area contributed by atoms with Crippen LogP contribution in [0.15, 0.2) is 18.2 Å². The van der Waals surface area contributed by atoms with Crippen LogP contribution in [0.2, 0.25) is 5.02 Å². The monoisotopic (exact) mass is 263 g/mol. The Hall–Kier alpha value is -0.450. The average Bonchev–Trinajstić information content (AvgIpc) is 2.23. The van der Waals surface area contributed by atoms with Gasteiger partial charge < -0.3 is 5.73 Å². The predicted octanol–water partition coefficient (Wildman–Crippen LogP) is 2.32. The van der Waals surface area contributed by atoms with Gasteiger partial charge in [0, 0.05) is 21.6 Å². The van der Waals surface area contributed by atoms with Gasteiger partial charge in [-0.05, 0) is 36.2 Å². The molecule has 0 spiro atoms. The Morgan fingerprint density at radius 1 is 1.56 bits per heavy atom. The van der Waals surface area contributed by atoms with Crippen LogP contribution in [0.1, 0.15) is 12.5 Å². The lowest BCUT2D eigenvalue weighted by atomic mass is 10.2. The summed E-state index contributed by atoms with van der Waals surface area (Å²) < 4.78 is 24.7. The van der Waals surface area contributed by atoms with Crippen molar-refractivity contribution in [3.05, 3.63) is 34.6 Å². The quantitative estimate of drug-likeness (QED) is 0.886. The number of benzene rings is 1. The van der Waals surface area contributed by atoms with E-state index in [-0.39, 0.29) is 17.5 Å². The van der Waals surface area contributed by atoms with Crippen LogP contribution in [0, 0.1) is 11.7 Å². The molecule has 0 saturated heterocycles. The molecule has 2 nitrogen and oxygen atoms in total. The summed E-state index contributed by atoms with van der Waals surface area (Å²) in [6.45, 7) is 2.44. The Morgan fingerprint density at radius 2 is 2.25 bits per heavy atom. The molecule has 2 atom stereocenters. The van der Waals surface area contributed by atoms with Crippen molar-refractivity contribution in [2.75, 3.05) is 12.3 Å². The third kappa shape index (κ3) is 4.20. The van der Waals surface area contributed by atoms with Crippen molar-refractivity contribution in [3.8, 4) is 0 Å². The second-order valence-corrected chi connectivity index (χ2v) is 5.74. The fourth-order valence-electron chi connectivity index (χ4n) is 1.27. The zero-order valence-electron chi connectivity index (χ0n) is 9.08. The van der Waals surface area contributed by atoms with Gasteiger partial charge in [0.1, 0.15) is 5.82 Å². The molecule has 90 valence electrons. The lowest BCUT2D eigenvalue weighted by Crippen LogP contribution is -2.18. The van der Waals surface area contributed by atoms with E-state index in [4.69, 9.17) is 17.3 Å². The Kier molecular flexibility index (Phi) is 5.38. The number of halogens is 2. The summed E-state index contributed by atoms with van der Waals surface area (Å²) in [5, 5.41) is 0.454. The molecule has 0 fully saturated rings. The maximum Gasteiger partial charge on any atom is 0.123 e. The van der Waals surface area contributed by atoms with Gasteiger partial charge in [0.25, 0.3) is 0 Å². The Labute approximate surface area is 102 Å². The normalized spacial score (nSPS) is 14.8. The summed E-state index contributed by atoms with van der Waals surface area (Å²) in [5.41, 5.74) is 6.03. The summed E-state index contributed by atoms with van der Waals surface area (Å²) in [7, 11) is -1.05. The van der Waals surface area contributed by atoms with Gasteiger partial charge in [0.2, 0.25) is 0 Å². The molecule has 0 aliphatic rings. The third-order valence-corrected chi connectivity index (χ3v) is 4.14. The van der Waals surface area contributed by atoms with Gasteiger partial charge in [-0.3, -0.25) is 4.21 Å². The maximum atomic E-state index is 12.9. The molecule has 1 aromatic carbocycles. The molecule has 0 radical (unpaired) electrons. The van der Waals surface area contributed by atoms with Gasteiger partial charge >= 0.3 is 0 Å². The molecule has 2 unspecified atom stereocenters. The Bertz CT molecular complexity index is 386. The molecule has 0 bridgehead atoms. The summed E-state index contributed by atoms with van der Waals surface area (Å²) in [6.07, 6.45) is 0. The SMILES string of the molecule is CC(CN)CS(=O)Cc1cc(F)ccc1Cl. The van der Waals surface area contributed by atoms with Crippen molar-refractivity contribution in [1.29, 1.82) is 0 Å². The average molecular weight is 264 g/mol. The largest absolute Gasteiger partial charge is 0.330 e. The number of hydrogen-bond acceptors (Lipinski definition) is 2. The van der Waals surface area contributed by atoms with Crippen LogP contribution in [-0.4, -0.2) is 16.5 Å². The van der Waals surface area contributed by atoms with E-state index in [9.17, 15) is 8.60 Å². The Morgan fingerprint density at radius 3 is 2.88 bits per heavy atom. The molecule has 0 aliphatic heterocycles. The van der Waals surface area contributed by atoms with Crippen molar-refractivity contribution < 1.29 is 8.60 Å². The smallest absolute Gasteiger partial charge is 0.123 e. The second kappa shape index (κ2) is 6.33. The summed E-state index contributed by atoms with van der Waals surface area (Å²) in [6, 6.07) is 4.10. The van der Waals surface area contributed by atoms with E-state index in [1.165, 1.54) is 18.2 Å². The number of nitrogens with two attached hydrogens (primary N) is 1. The summed E-state index contributed by atoms with van der Waals surface area (Å²) in [5.74, 6) is 0.640. The predicted molar refractivity (Wildman–Crippen MR) is 66.3 cm³/mol. The minimum atomic E-state index is -1.05. The minimum absolute atomic E-state index is 0.202. The zero-order valence-corrected chi connectivity index (χ0v) is 10.7. The summed E-state index contributed by atoms with van der Waals surface area (Å²) in [4.78, 5) is 0. The standard InChI is InChI=1S/C11H15ClFNOS/c1-8(5-14)6-16(15)7-9-4-10(13)2-3-11(9)12/h2-4,8H,5-7,14H2,1H3. The molecule has 0 aliphatic carbocycles. The molecule has 5 heteroatoms. The first-order valence-electron chi connectivity index (χ1n) is 5.02. The minimum Gasteiger partial charge on any atom is -0.330 e. The zero-order chi connectivity index (χ0) is 12.1. The molecule has 0 heterocycles. The fraction of sp³-hybridized carbons (Fsp3) is 0.455. The first-order valence-corrected chi connectivity index (χ1v) is 6.88. The van der Waals surface area contributed by atoms with Crippen molar-refractivity contribution in [2.45, 2.75) is 12.7 Å². The first-order chi connectivity index (χ1) is 7.52. The van der Waals surface area contributed by atoms with Crippen LogP contribution < -0.4 is 5.73 Å². The van der Waals surface area contributed by atoms with E-state index >= 15 is 0 Å². The molecule has 16 heavy (non-hydrogen) atoms. The molecule has 1 rings (SSSR count). The van der Waals surface area contributed by atoms with Crippen LogP contribution in [0.25, 0.3) is 0 Å². The highest BCUT2D eigenvalue weighted by atomic mass is 35.5. The van der Waals surface area contributed by atoms with E-state index in [1.807, 2.05) is 6.92 Å². The van der Waals surface area contributed by atoms with Gasteiger partial charge in [-0.2, -0.15) is 0 Å². The highest BCUT2D eigenvalue weighted by Gasteiger charge is 2.10. The molecule has 1 aromatic rings. The number of hydrogen-bond donors (Lipinski definition) is 1. The van der Waals surface area contributed by atoms with Gasteiger partial charge in [0.05, 0.1) is 5.75 Å². The van der Waals surface area contributed by atoms with E-state index in [0.29, 0.717) is 22.9 Å². The topological polar surface area (TPSA) is 43.1 Å². The van der Waals surface area contributed by atoms with Crippen molar-refractivity contribution in [3.63, 3.8) is 0 Å². The number of rotatable bonds is 5. The lowest BCUT2D eigenvalue weighted by Gasteiger charge is -2.09. The summed E-state index contributed by atoms with van der Waals surface area (Å²) >= 11 is 5.88. The first kappa shape index (κ1) is 13.6. The third-order valence-electron chi connectivity index (χ3n) is 2.20. The van der Waals surface area contributed by atoms with Gasteiger partial charge in [-0.15, -0.1) is 0 Å². The van der Waals surface area contributed by atoms with Crippen molar-refractivity contribution >= 4 is 22.4 Å². The van der Waals surface area contributed by atoms with Crippen LogP contribution in [0.4, 0.5) is 4.39 Å². The second-order valence-electron chi connectivity index (χ2n) is 3.83. The molecular formula is C11H15ClFNOS. The van der Waals surface area contributed by atoms with Crippen LogP contribution in [0.5, 0.6) is 0 Å². The molecular weight excluding hydrogens is 249 g/mol. The van der Waals surface area contributed by atoms with E-state index < -0.39 is 10.8 Å². The van der Waals surface area contributed by atoms with Gasteiger partial charge in [-0.25, -0.2) is 4.39 Å². The van der Waals surface area contributed by atoms with Crippen LogP contribution in [-0.2, 0) is 16.6 Å². The van der Waals surface area contributed by atoms with Gasteiger partial charge in [0.15, 0.2) is 0 Å². The van der Waals surface area contributed by atoms with Crippen molar-refractivity contribution in [1.82, 2.24) is 0 Å². The lowest BCUT2D eigenvalue weighted by molar-refractivity contribution is 0.625. The van der Waals surface area contributed by atoms with Crippen molar-refractivity contribution in [2.24, 2.45) is 11.7 Å².